The first kappa shape index (κ1) is 49.9. The van der Waals surface area contributed by atoms with Crippen LogP contribution in [-0.4, -0.2) is 108 Å². The van der Waals surface area contributed by atoms with Crippen LogP contribution in [-0.2, 0) is 19.6 Å². The lowest BCUT2D eigenvalue weighted by atomic mass is 9.92. The molecule has 1 saturated heterocycles. The highest BCUT2D eigenvalue weighted by Gasteiger charge is 2.39. The van der Waals surface area contributed by atoms with Gasteiger partial charge in [0.2, 0.25) is 8.32 Å². The predicted octanol–water partition coefficient (Wildman–Crippen LogP) is 11.9. The van der Waals surface area contributed by atoms with E-state index >= 15 is 9.59 Å². The Hall–Kier alpha value is -7.65. The largest absolute Gasteiger partial charge is 0.544 e. The Kier molecular flexibility index (Phi) is 13.7. The third-order valence-corrected chi connectivity index (χ3v) is 19.6. The number of piperazine rings is 1. The van der Waals surface area contributed by atoms with Gasteiger partial charge in [0.05, 0.1) is 35.0 Å². The molecule has 0 radical (unpaired) electrons. The van der Waals surface area contributed by atoms with Crippen molar-refractivity contribution < 1.29 is 33.4 Å². The highest BCUT2D eigenvalue weighted by molar-refractivity contribution is 6.74. The van der Waals surface area contributed by atoms with Crippen LogP contribution in [0.15, 0.2) is 152 Å². The molecule has 2 amide bonds. The molecule has 1 fully saturated rings. The lowest BCUT2D eigenvalue weighted by molar-refractivity contribution is 0.0535. The molecule has 1 atom stereocenters. The van der Waals surface area contributed by atoms with Crippen LogP contribution in [0.2, 0.25) is 18.1 Å². The van der Waals surface area contributed by atoms with E-state index < -0.39 is 14.4 Å². The molecule has 0 saturated carbocycles. The summed E-state index contributed by atoms with van der Waals surface area (Å²) in [5.41, 5.74) is 6.96. The minimum atomic E-state index is -2.19. The van der Waals surface area contributed by atoms with E-state index in [4.69, 9.17) is 13.9 Å². The molecule has 8 aromatic rings. The molecule has 10 rings (SSSR count). The Bertz CT molecular complexity index is 3370. The zero-order valence-corrected chi connectivity index (χ0v) is 44.2. The van der Waals surface area contributed by atoms with Crippen LogP contribution >= 0.6 is 0 Å². The second-order valence-corrected chi connectivity index (χ2v) is 25.8. The summed E-state index contributed by atoms with van der Waals surface area (Å²) in [7, 11) is 1.55. The van der Waals surface area contributed by atoms with Gasteiger partial charge in [0.25, 0.3) is 11.8 Å². The minimum absolute atomic E-state index is 0.0286. The molecule has 6 aromatic carbocycles. The third-order valence-electron chi connectivity index (χ3n) is 15.2. The quantitative estimate of drug-likeness (QED) is 0.113. The van der Waals surface area contributed by atoms with Crippen LogP contribution in [0.1, 0.15) is 58.2 Å². The monoisotopic (exact) mass is 1010 g/mol. The van der Waals surface area contributed by atoms with E-state index in [9.17, 15) is 9.90 Å². The number of anilines is 2. The lowest BCUT2D eigenvalue weighted by Gasteiger charge is -2.41. The average Bonchev–Trinajstić information content (AvgIpc) is 4.01. The van der Waals surface area contributed by atoms with E-state index in [-0.39, 0.29) is 29.5 Å². The number of fused-ring (bicyclic) bond motifs is 3. The molecule has 1 N–H and O–H groups in total. The Labute approximate surface area is 433 Å². The van der Waals surface area contributed by atoms with Gasteiger partial charge in [0, 0.05) is 85.9 Å². The number of carboxylic acid groups (broad SMARTS) is 1. The highest BCUT2D eigenvalue weighted by atomic mass is 28.4. The maximum Gasteiger partial charge on any atom is 0.415 e. The van der Waals surface area contributed by atoms with Crippen molar-refractivity contribution in [2.45, 2.75) is 64.5 Å². The van der Waals surface area contributed by atoms with E-state index in [0.717, 1.165) is 48.4 Å². The molecular weight excluding hydrogens is 945 g/mol. The molecule has 0 spiro atoms. The van der Waals surface area contributed by atoms with Gasteiger partial charge in [0.15, 0.2) is 11.5 Å². The van der Waals surface area contributed by atoms with Crippen LogP contribution in [0.5, 0.6) is 17.2 Å². The van der Waals surface area contributed by atoms with Crippen LogP contribution < -0.4 is 18.8 Å². The zero-order valence-electron chi connectivity index (χ0n) is 43.2. The summed E-state index contributed by atoms with van der Waals surface area (Å²) < 4.78 is 22.4. The summed E-state index contributed by atoms with van der Waals surface area (Å²) in [6.45, 7) is 16.2. The number of hydrogen-bond acceptors (Lipinski definition) is 8. The number of nitrogens with zero attached hydrogens (tertiary/aromatic N) is 6. The van der Waals surface area contributed by atoms with Crippen LogP contribution in [0, 0.1) is 0 Å². The number of carbonyl (C=O) groups excluding carboxylic acids is 2. The SMILES string of the molecule is COc1cc(-n2cc(C(=O)N(c3ccc(O[Si](C)(C)C(C)(C)C)cc3)c3ccc4c(ccn4C(=O)O)c3)c3ccccc32)c(C(=O)N2Cc3ccccc3C[C@H]2CN2CCN(C)CC2)cc1OCc1ccccc1. The van der Waals surface area contributed by atoms with Crippen molar-refractivity contribution in [3.8, 4) is 22.9 Å². The van der Waals surface area contributed by atoms with Gasteiger partial charge in [0.1, 0.15) is 12.4 Å². The smallest absolute Gasteiger partial charge is 0.415 e. The van der Waals surface area contributed by atoms with Crippen molar-refractivity contribution in [2.24, 2.45) is 0 Å². The average molecular weight is 1010 g/mol. The fourth-order valence-electron chi connectivity index (χ4n) is 10.00. The summed E-state index contributed by atoms with van der Waals surface area (Å²) in [4.78, 5) is 52.3. The van der Waals surface area contributed by atoms with E-state index in [2.05, 4.69) is 68.9 Å². The molecular formula is C60H64N6O7Si. The number of amides is 2. The van der Waals surface area contributed by atoms with Crippen molar-refractivity contribution in [3.05, 3.63) is 180 Å². The Balaban J connectivity index is 1.11. The van der Waals surface area contributed by atoms with E-state index in [1.165, 1.54) is 11.8 Å². The molecule has 13 nitrogen and oxygen atoms in total. The van der Waals surface area contributed by atoms with Gasteiger partial charge in [-0.1, -0.05) is 93.6 Å². The molecule has 380 valence electrons. The maximum absolute atomic E-state index is 15.9. The van der Waals surface area contributed by atoms with Crippen LogP contribution in [0.25, 0.3) is 27.5 Å². The van der Waals surface area contributed by atoms with Crippen molar-refractivity contribution in [1.82, 2.24) is 23.8 Å². The van der Waals surface area contributed by atoms with Crippen molar-refractivity contribution in [2.75, 3.05) is 51.8 Å². The first-order valence-electron chi connectivity index (χ1n) is 25.3. The van der Waals surface area contributed by atoms with Gasteiger partial charge >= 0.3 is 6.09 Å². The topological polar surface area (TPSA) is 122 Å². The molecule has 4 heterocycles. The number of ether oxygens (including phenoxy) is 2. The molecule has 74 heavy (non-hydrogen) atoms. The second-order valence-electron chi connectivity index (χ2n) is 21.1. The molecule has 0 aliphatic carbocycles. The number of aromatic nitrogens is 2. The lowest BCUT2D eigenvalue weighted by Crippen LogP contribution is -2.53. The van der Waals surface area contributed by atoms with Gasteiger partial charge < -0.3 is 33.4 Å². The first-order chi connectivity index (χ1) is 35.6. The van der Waals surface area contributed by atoms with Gasteiger partial charge in [-0.05, 0) is 109 Å². The zero-order chi connectivity index (χ0) is 51.9. The fourth-order valence-corrected chi connectivity index (χ4v) is 11.0. The number of likely N-dealkylation sites (N-methyl/N-ethyl adjacent to an activating group) is 1. The number of para-hydroxylation sites is 1. The molecule has 2 aromatic heterocycles. The number of benzene rings is 6. The second kappa shape index (κ2) is 20.3. The number of rotatable bonds is 13. The summed E-state index contributed by atoms with van der Waals surface area (Å²) in [6, 6.07) is 44.2. The molecule has 0 bridgehead atoms. The Morgan fingerprint density at radius 3 is 2.15 bits per heavy atom. The highest BCUT2D eigenvalue weighted by Crippen LogP contribution is 2.41. The minimum Gasteiger partial charge on any atom is -0.544 e. The van der Waals surface area contributed by atoms with E-state index in [1.807, 2.05) is 113 Å². The van der Waals surface area contributed by atoms with Crippen LogP contribution in [0.4, 0.5) is 16.2 Å². The van der Waals surface area contributed by atoms with Gasteiger partial charge in [-0.15, -0.1) is 0 Å². The van der Waals surface area contributed by atoms with Crippen molar-refractivity contribution in [1.29, 1.82) is 0 Å². The molecule has 2 aliphatic rings. The number of hydrogen-bond donors (Lipinski definition) is 1. The van der Waals surface area contributed by atoms with Gasteiger partial charge in [-0.25, -0.2) is 4.79 Å². The molecule has 2 aliphatic heterocycles. The van der Waals surface area contributed by atoms with Gasteiger partial charge in [-0.2, -0.15) is 0 Å². The predicted molar refractivity (Wildman–Crippen MR) is 294 cm³/mol. The molecule has 14 heteroatoms. The standard InChI is InChI=1S/C60H64N6O7Si/c1-60(2,3)74(6,7)73-48-24-21-45(22-25-48)66(46-23-26-52-43(34-46)27-28-63(52)59(69)70)58(68)51-39-65(53-20-14-13-19-49(51)53)54-36-55(71-5)56(72-40-41-15-9-8-10-16-41)35-50(54)57(67)64-37-44-18-12-11-17-42(44)33-47(64)38-62-31-29-61(4)30-32-62/h8-28,34-36,39,47H,29-33,37-38,40H2,1-7H3,(H,69,70)/t47-/m0/s1. The fraction of sp³-hybridized carbons (Fsp3) is 0.283. The molecule has 0 unspecified atom stereocenters. The number of carbonyl (C=O) groups is 3. The Morgan fingerprint density at radius 2 is 1.43 bits per heavy atom. The summed E-state index contributed by atoms with van der Waals surface area (Å²) >= 11 is 0. The maximum atomic E-state index is 15.9. The van der Waals surface area contributed by atoms with Crippen molar-refractivity contribution in [3.63, 3.8) is 0 Å². The normalized spacial score (nSPS) is 15.5. The Morgan fingerprint density at radius 1 is 0.743 bits per heavy atom. The summed E-state index contributed by atoms with van der Waals surface area (Å²) in [5, 5.41) is 11.2. The third kappa shape index (κ3) is 9.92. The van der Waals surface area contributed by atoms with Crippen molar-refractivity contribution >= 4 is 59.4 Å². The summed E-state index contributed by atoms with van der Waals surface area (Å²) in [5.74, 6) is 1.07. The number of methoxy groups -OCH3 is 1. The van der Waals surface area contributed by atoms with Crippen LogP contribution in [0.3, 0.4) is 0 Å². The first-order valence-corrected chi connectivity index (χ1v) is 28.2. The summed E-state index contributed by atoms with van der Waals surface area (Å²) in [6.07, 6.45) is 2.93. The van der Waals surface area contributed by atoms with E-state index in [0.29, 0.717) is 80.2 Å². The van der Waals surface area contributed by atoms with E-state index in [1.54, 1.807) is 36.3 Å². The van der Waals surface area contributed by atoms with Gasteiger partial charge in [-0.3, -0.25) is 24.0 Å².